The Morgan fingerprint density at radius 2 is 2.31 bits per heavy atom. The van der Waals surface area contributed by atoms with E-state index in [2.05, 4.69) is 21.2 Å². The third kappa shape index (κ3) is 4.55. The van der Waals surface area contributed by atoms with Gasteiger partial charge in [-0.15, -0.1) is 0 Å². The summed E-state index contributed by atoms with van der Waals surface area (Å²) in [5.41, 5.74) is 7.28. The highest BCUT2D eigenvalue weighted by atomic mass is 79.9. The summed E-state index contributed by atoms with van der Waals surface area (Å²) < 4.78 is 1.04. The van der Waals surface area contributed by atoms with Gasteiger partial charge in [-0.3, -0.25) is 4.79 Å². The van der Waals surface area contributed by atoms with Crippen LogP contribution >= 0.6 is 27.7 Å². The van der Waals surface area contributed by atoms with Gasteiger partial charge in [0.15, 0.2) is 0 Å². The molecule has 88 valence electrons. The van der Waals surface area contributed by atoms with Gasteiger partial charge >= 0.3 is 0 Å². The lowest BCUT2D eigenvalue weighted by atomic mass is 10.2. The minimum atomic E-state index is 0.0140. The first-order chi connectivity index (χ1) is 7.63. The van der Waals surface area contributed by atoms with Crippen molar-refractivity contribution >= 4 is 39.3 Å². The van der Waals surface area contributed by atoms with E-state index in [1.807, 2.05) is 25.1 Å². The fraction of sp³-hybridized carbons (Fsp3) is 0.364. The number of benzene rings is 1. The molecule has 0 saturated heterocycles. The number of thioether (sulfide) groups is 1. The summed E-state index contributed by atoms with van der Waals surface area (Å²) in [5.74, 6) is 1.28. The van der Waals surface area contributed by atoms with Crippen molar-refractivity contribution in [3.8, 4) is 0 Å². The summed E-state index contributed by atoms with van der Waals surface area (Å²) in [7, 11) is 0. The van der Waals surface area contributed by atoms with Gasteiger partial charge < -0.3 is 11.1 Å². The molecule has 5 heteroatoms. The topological polar surface area (TPSA) is 55.1 Å². The third-order valence-electron chi connectivity index (χ3n) is 1.94. The number of hydrogen-bond acceptors (Lipinski definition) is 3. The normalized spacial score (nSPS) is 10.2. The van der Waals surface area contributed by atoms with Crippen LogP contribution < -0.4 is 11.1 Å². The number of halogens is 1. The fourth-order valence-corrected chi connectivity index (χ4v) is 1.98. The Morgan fingerprint density at radius 3 is 2.94 bits per heavy atom. The molecule has 0 aliphatic heterocycles. The van der Waals surface area contributed by atoms with Crippen LogP contribution in [0.1, 0.15) is 5.56 Å². The maximum Gasteiger partial charge on any atom is 0.234 e. The van der Waals surface area contributed by atoms with Crippen molar-refractivity contribution < 1.29 is 4.79 Å². The predicted octanol–water partition coefficient (Wildman–Crippen LogP) is 2.39. The predicted molar refractivity (Wildman–Crippen MR) is 73.9 cm³/mol. The summed E-state index contributed by atoms with van der Waals surface area (Å²) in [6, 6.07) is 5.75. The molecule has 0 atom stereocenters. The van der Waals surface area contributed by atoms with E-state index in [0.29, 0.717) is 12.3 Å². The Kier molecular flexibility index (Phi) is 5.87. The monoisotopic (exact) mass is 302 g/mol. The zero-order valence-corrected chi connectivity index (χ0v) is 11.5. The first kappa shape index (κ1) is 13.5. The van der Waals surface area contributed by atoms with Crippen molar-refractivity contribution in [3.05, 3.63) is 28.2 Å². The molecule has 0 aromatic heterocycles. The molecule has 0 bridgehead atoms. The van der Waals surface area contributed by atoms with Crippen LogP contribution in [0.3, 0.4) is 0 Å². The summed E-state index contributed by atoms with van der Waals surface area (Å²) in [4.78, 5) is 11.5. The maximum absolute atomic E-state index is 11.5. The summed E-state index contributed by atoms with van der Waals surface area (Å²) in [5, 5.41) is 2.85. The molecule has 3 nitrogen and oxygen atoms in total. The van der Waals surface area contributed by atoms with Gasteiger partial charge in [0.1, 0.15) is 0 Å². The van der Waals surface area contributed by atoms with Gasteiger partial charge in [0.25, 0.3) is 0 Å². The Labute approximate surface area is 108 Å². The Hall–Kier alpha value is -0.520. The number of rotatable bonds is 5. The van der Waals surface area contributed by atoms with Crippen molar-refractivity contribution in [2.45, 2.75) is 6.92 Å². The van der Waals surface area contributed by atoms with Gasteiger partial charge in [-0.1, -0.05) is 15.9 Å². The van der Waals surface area contributed by atoms with E-state index >= 15 is 0 Å². The average Bonchev–Trinajstić information content (AvgIpc) is 2.24. The number of hydrogen-bond donors (Lipinski definition) is 2. The van der Waals surface area contributed by atoms with Gasteiger partial charge in [0.2, 0.25) is 5.91 Å². The molecule has 1 aromatic carbocycles. The summed E-state index contributed by atoms with van der Waals surface area (Å²) in [6.45, 7) is 2.60. The molecule has 0 heterocycles. The highest BCUT2D eigenvalue weighted by Gasteiger charge is 2.03. The van der Waals surface area contributed by atoms with E-state index < -0.39 is 0 Å². The second-order valence-corrected chi connectivity index (χ2v) is 5.31. The first-order valence-corrected chi connectivity index (χ1v) is 6.92. The third-order valence-corrected chi connectivity index (χ3v) is 3.82. The van der Waals surface area contributed by atoms with E-state index in [0.717, 1.165) is 21.5 Å². The molecule has 3 N–H and O–H groups in total. The molecule has 0 spiro atoms. The molecular formula is C11H15BrN2OS. The minimum Gasteiger partial charge on any atom is -0.330 e. The lowest BCUT2D eigenvalue weighted by Crippen LogP contribution is -2.15. The van der Waals surface area contributed by atoms with Crippen molar-refractivity contribution in [1.29, 1.82) is 0 Å². The van der Waals surface area contributed by atoms with Gasteiger partial charge in [-0.2, -0.15) is 11.8 Å². The Balaban J connectivity index is 2.46. The van der Waals surface area contributed by atoms with Crippen molar-refractivity contribution in [1.82, 2.24) is 0 Å². The largest absolute Gasteiger partial charge is 0.330 e. The SMILES string of the molecule is Cc1cc(NC(=O)CSCCN)ccc1Br. The van der Waals surface area contributed by atoms with E-state index in [1.54, 1.807) is 11.8 Å². The summed E-state index contributed by atoms with van der Waals surface area (Å²) in [6.07, 6.45) is 0. The van der Waals surface area contributed by atoms with Gasteiger partial charge in [-0.25, -0.2) is 0 Å². The highest BCUT2D eigenvalue weighted by molar-refractivity contribution is 9.10. The van der Waals surface area contributed by atoms with Gasteiger partial charge in [0, 0.05) is 22.5 Å². The van der Waals surface area contributed by atoms with Crippen LogP contribution in [-0.2, 0) is 4.79 Å². The van der Waals surface area contributed by atoms with Crippen LogP contribution in [-0.4, -0.2) is 24.0 Å². The molecule has 1 amide bonds. The number of anilines is 1. The number of amides is 1. The maximum atomic E-state index is 11.5. The average molecular weight is 303 g/mol. The zero-order valence-electron chi connectivity index (χ0n) is 9.13. The fourth-order valence-electron chi connectivity index (χ4n) is 1.17. The summed E-state index contributed by atoms with van der Waals surface area (Å²) >= 11 is 4.96. The van der Waals surface area contributed by atoms with Crippen LogP contribution in [0.25, 0.3) is 0 Å². The Morgan fingerprint density at radius 1 is 1.56 bits per heavy atom. The van der Waals surface area contributed by atoms with Crippen molar-refractivity contribution in [3.63, 3.8) is 0 Å². The molecule has 0 unspecified atom stereocenters. The van der Waals surface area contributed by atoms with Crippen LogP contribution in [0.15, 0.2) is 22.7 Å². The lowest BCUT2D eigenvalue weighted by Gasteiger charge is -2.06. The van der Waals surface area contributed by atoms with Crippen LogP contribution in [0.4, 0.5) is 5.69 Å². The number of nitrogens with one attached hydrogen (secondary N) is 1. The number of nitrogens with two attached hydrogens (primary N) is 1. The molecule has 1 rings (SSSR count). The molecular weight excluding hydrogens is 288 g/mol. The Bertz CT molecular complexity index is 371. The number of aryl methyl sites for hydroxylation is 1. The second-order valence-electron chi connectivity index (χ2n) is 3.35. The molecule has 0 aliphatic rings. The molecule has 16 heavy (non-hydrogen) atoms. The first-order valence-electron chi connectivity index (χ1n) is 4.97. The van der Waals surface area contributed by atoms with Gasteiger partial charge in [-0.05, 0) is 30.7 Å². The standard InChI is InChI=1S/C11H15BrN2OS/c1-8-6-9(2-3-10(8)12)14-11(15)7-16-5-4-13/h2-3,6H,4-5,7,13H2,1H3,(H,14,15). The molecule has 0 radical (unpaired) electrons. The second kappa shape index (κ2) is 6.93. The van der Waals surface area contributed by atoms with E-state index in [9.17, 15) is 4.79 Å². The van der Waals surface area contributed by atoms with Crippen molar-refractivity contribution in [2.75, 3.05) is 23.4 Å². The van der Waals surface area contributed by atoms with E-state index in [1.165, 1.54) is 0 Å². The van der Waals surface area contributed by atoms with Crippen LogP contribution in [0.5, 0.6) is 0 Å². The molecule has 0 fully saturated rings. The zero-order chi connectivity index (χ0) is 12.0. The quantitative estimate of drug-likeness (QED) is 0.821. The van der Waals surface area contributed by atoms with Crippen LogP contribution in [0.2, 0.25) is 0 Å². The number of carbonyl (C=O) groups is 1. The van der Waals surface area contributed by atoms with E-state index in [-0.39, 0.29) is 5.91 Å². The van der Waals surface area contributed by atoms with Crippen molar-refractivity contribution in [2.24, 2.45) is 5.73 Å². The highest BCUT2D eigenvalue weighted by Crippen LogP contribution is 2.20. The smallest absolute Gasteiger partial charge is 0.234 e. The number of carbonyl (C=O) groups excluding carboxylic acids is 1. The molecule has 0 aliphatic carbocycles. The van der Waals surface area contributed by atoms with E-state index in [4.69, 9.17) is 5.73 Å². The lowest BCUT2D eigenvalue weighted by molar-refractivity contribution is -0.113. The molecule has 0 saturated carbocycles. The van der Waals surface area contributed by atoms with Crippen LogP contribution in [0, 0.1) is 6.92 Å². The minimum absolute atomic E-state index is 0.0140. The molecule has 1 aromatic rings. The van der Waals surface area contributed by atoms with Gasteiger partial charge in [0.05, 0.1) is 5.75 Å².